The van der Waals surface area contributed by atoms with Crippen LogP contribution in [0.15, 0.2) is 36.1 Å². The topological polar surface area (TPSA) is 37.3 Å². The fourth-order valence-corrected chi connectivity index (χ4v) is 0.971. The van der Waals surface area contributed by atoms with Crippen LogP contribution in [0.3, 0.4) is 0 Å². The van der Waals surface area contributed by atoms with Crippen molar-refractivity contribution < 1.29 is 9.90 Å². The van der Waals surface area contributed by atoms with E-state index in [1.54, 1.807) is 0 Å². The van der Waals surface area contributed by atoms with Crippen LogP contribution in [0.5, 0.6) is 0 Å². The van der Waals surface area contributed by atoms with E-state index in [4.69, 9.17) is 5.11 Å². The molecular formula is C13H20O2. The zero-order chi connectivity index (χ0) is 11.5. The molecule has 0 fully saturated rings. The number of hydrogen-bond acceptors (Lipinski definition) is 2. The lowest BCUT2D eigenvalue weighted by atomic mass is 10.1. The predicted molar refractivity (Wildman–Crippen MR) is 63.8 cm³/mol. The summed E-state index contributed by atoms with van der Waals surface area (Å²) < 4.78 is 0. The van der Waals surface area contributed by atoms with Gasteiger partial charge in [-0.15, -0.1) is 0 Å². The lowest BCUT2D eigenvalue weighted by molar-refractivity contribution is -0.114. The molecule has 0 aliphatic heterocycles. The SMILES string of the molecule is CCC=CCCC.O=C1C=CC(O)=CC1. The molecule has 1 rings (SSSR count). The zero-order valence-corrected chi connectivity index (χ0v) is 9.57. The summed E-state index contributed by atoms with van der Waals surface area (Å²) in [6.07, 6.45) is 12.7. The van der Waals surface area contributed by atoms with Gasteiger partial charge in [-0.1, -0.05) is 32.4 Å². The molecular weight excluding hydrogens is 188 g/mol. The second-order valence-electron chi connectivity index (χ2n) is 3.30. The van der Waals surface area contributed by atoms with Crippen LogP contribution in [0.2, 0.25) is 0 Å². The molecule has 0 unspecified atom stereocenters. The standard InChI is InChI=1S/C7H14.C6H6O2/c1-3-5-7-6-4-2;7-5-1-2-6(8)4-3-5/h5,7H,3-4,6H2,1-2H3;1-3,7H,4H2. The third-order valence-electron chi connectivity index (χ3n) is 1.81. The second kappa shape index (κ2) is 9.25. The minimum atomic E-state index is 0.0443. The summed E-state index contributed by atoms with van der Waals surface area (Å²) in [5.41, 5.74) is 0. The molecule has 0 aromatic carbocycles. The van der Waals surface area contributed by atoms with E-state index < -0.39 is 0 Å². The maximum atomic E-state index is 10.4. The van der Waals surface area contributed by atoms with Crippen molar-refractivity contribution in [2.75, 3.05) is 0 Å². The first-order valence-electron chi connectivity index (χ1n) is 5.45. The van der Waals surface area contributed by atoms with Gasteiger partial charge in [-0.2, -0.15) is 0 Å². The molecule has 0 spiro atoms. The Hall–Kier alpha value is -1.31. The van der Waals surface area contributed by atoms with Crippen LogP contribution in [0.1, 0.15) is 39.5 Å². The van der Waals surface area contributed by atoms with Gasteiger partial charge >= 0.3 is 0 Å². The average Bonchev–Trinajstić information content (AvgIpc) is 2.24. The highest BCUT2D eigenvalue weighted by Gasteiger charge is 1.99. The fourth-order valence-electron chi connectivity index (χ4n) is 0.971. The average molecular weight is 208 g/mol. The summed E-state index contributed by atoms with van der Waals surface area (Å²) in [7, 11) is 0. The van der Waals surface area contributed by atoms with Gasteiger partial charge in [0.25, 0.3) is 0 Å². The largest absolute Gasteiger partial charge is 0.508 e. The molecule has 15 heavy (non-hydrogen) atoms. The first-order valence-corrected chi connectivity index (χ1v) is 5.45. The minimum Gasteiger partial charge on any atom is -0.508 e. The molecule has 0 saturated carbocycles. The number of ketones is 1. The van der Waals surface area contributed by atoms with E-state index in [1.165, 1.54) is 37.5 Å². The number of rotatable bonds is 3. The first-order chi connectivity index (χ1) is 7.20. The lowest BCUT2D eigenvalue weighted by Gasteiger charge is -1.95. The number of unbranched alkanes of at least 4 members (excludes halogenated alkanes) is 1. The van der Waals surface area contributed by atoms with Crippen LogP contribution in [0.4, 0.5) is 0 Å². The molecule has 2 heteroatoms. The Bertz CT molecular complexity index is 257. The van der Waals surface area contributed by atoms with Crippen molar-refractivity contribution in [3.8, 4) is 0 Å². The number of hydrogen-bond donors (Lipinski definition) is 1. The number of allylic oxidation sites excluding steroid dienone is 5. The summed E-state index contributed by atoms with van der Waals surface area (Å²) in [6.45, 7) is 4.35. The lowest BCUT2D eigenvalue weighted by Crippen LogP contribution is -1.94. The minimum absolute atomic E-state index is 0.0443. The van der Waals surface area contributed by atoms with Crippen molar-refractivity contribution in [2.24, 2.45) is 0 Å². The van der Waals surface area contributed by atoms with Crippen molar-refractivity contribution >= 4 is 5.78 Å². The second-order valence-corrected chi connectivity index (χ2v) is 3.30. The highest BCUT2D eigenvalue weighted by atomic mass is 16.3. The monoisotopic (exact) mass is 208 g/mol. The number of aliphatic hydroxyl groups is 1. The van der Waals surface area contributed by atoms with E-state index in [0.29, 0.717) is 6.42 Å². The van der Waals surface area contributed by atoms with Crippen LogP contribution < -0.4 is 0 Å². The van der Waals surface area contributed by atoms with Crippen molar-refractivity contribution in [3.63, 3.8) is 0 Å². The Morgan fingerprint density at radius 1 is 1.33 bits per heavy atom. The van der Waals surface area contributed by atoms with Gasteiger partial charge in [-0.25, -0.2) is 0 Å². The van der Waals surface area contributed by atoms with Crippen molar-refractivity contribution in [1.29, 1.82) is 0 Å². The molecule has 1 N–H and O–H groups in total. The molecule has 1 aliphatic rings. The molecule has 0 heterocycles. The third-order valence-corrected chi connectivity index (χ3v) is 1.81. The molecule has 0 aromatic rings. The quantitative estimate of drug-likeness (QED) is 0.718. The highest BCUT2D eigenvalue weighted by molar-refractivity contribution is 5.92. The van der Waals surface area contributed by atoms with Crippen LogP contribution >= 0.6 is 0 Å². The number of aliphatic hydroxyl groups excluding tert-OH is 1. The Morgan fingerprint density at radius 3 is 2.47 bits per heavy atom. The highest BCUT2D eigenvalue weighted by Crippen LogP contribution is 2.02. The Morgan fingerprint density at radius 2 is 2.07 bits per heavy atom. The fraction of sp³-hybridized carbons (Fsp3) is 0.462. The summed E-state index contributed by atoms with van der Waals surface area (Å²) in [6, 6.07) is 0. The van der Waals surface area contributed by atoms with E-state index >= 15 is 0 Å². The van der Waals surface area contributed by atoms with Crippen molar-refractivity contribution in [2.45, 2.75) is 39.5 Å². The Labute approximate surface area is 92.0 Å². The smallest absolute Gasteiger partial charge is 0.159 e. The van der Waals surface area contributed by atoms with Crippen LogP contribution in [0, 0.1) is 0 Å². The van der Waals surface area contributed by atoms with E-state index in [9.17, 15) is 4.79 Å². The van der Waals surface area contributed by atoms with Gasteiger partial charge in [-0.05, 0) is 31.1 Å². The first kappa shape index (κ1) is 13.7. The molecule has 0 amide bonds. The number of carbonyl (C=O) groups is 1. The molecule has 0 saturated heterocycles. The van der Waals surface area contributed by atoms with Gasteiger partial charge in [0, 0.05) is 6.42 Å². The number of carbonyl (C=O) groups excluding carboxylic acids is 1. The van der Waals surface area contributed by atoms with Crippen LogP contribution in [0.25, 0.3) is 0 Å². The molecule has 0 bridgehead atoms. The predicted octanol–water partition coefficient (Wildman–Crippen LogP) is 3.71. The van der Waals surface area contributed by atoms with E-state index in [1.807, 2.05) is 0 Å². The van der Waals surface area contributed by atoms with Gasteiger partial charge in [0.1, 0.15) is 5.76 Å². The Balaban J connectivity index is 0.000000265. The van der Waals surface area contributed by atoms with Gasteiger partial charge in [0.15, 0.2) is 5.78 Å². The molecule has 84 valence electrons. The molecule has 0 atom stereocenters. The van der Waals surface area contributed by atoms with Gasteiger partial charge < -0.3 is 5.11 Å². The maximum Gasteiger partial charge on any atom is 0.159 e. The molecule has 2 nitrogen and oxygen atoms in total. The van der Waals surface area contributed by atoms with Crippen LogP contribution in [-0.2, 0) is 4.79 Å². The molecule has 0 aromatic heterocycles. The Kier molecular flexibility index (Phi) is 8.44. The maximum absolute atomic E-state index is 10.4. The van der Waals surface area contributed by atoms with Gasteiger partial charge in [-0.3, -0.25) is 4.79 Å². The third kappa shape index (κ3) is 9.01. The normalized spacial score (nSPS) is 14.8. The summed E-state index contributed by atoms with van der Waals surface area (Å²) in [4.78, 5) is 10.4. The summed E-state index contributed by atoms with van der Waals surface area (Å²) in [5, 5.41) is 8.65. The molecule has 1 aliphatic carbocycles. The molecule has 0 radical (unpaired) electrons. The van der Waals surface area contributed by atoms with Gasteiger partial charge in [0.05, 0.1) is 0 Å². The van der Waals surface area contributed by atoms with Crippen molar-refractivity contribution in [1.82, 2.24) is 0 Å². The van der Waals surface area contributed by atoms with E-state index in [-0.39, 0.29) is 11.5 Å². The summed E-state index contributed by atoms with van der Waals surface area (Å²) in [5.74, 6) is 0.229. The van der Waals surface area contributed by atoms with Crippen LogP contribution in [-0.4, -0.2) is 10.9 Å². The zero-order valence-electron chi connectivity index (χ0n) is 9.57. The van der Waals surface area contributed by atoms with E-state index in [2.05, 4.69) is 26.0 Å². The van der Waals surface area contributed by atoms with E-state index in [0.717, 1.165) is 0 Å². The van der Waals surface area contributed by atoms with Crippen molar-refractivity contribution in [3.05, 3.63) is 36.1 Å². The summed E-state index contributed by atoms with van der Waals surface area (Å²) >= 11 is 0. The van der Waals surface area contributed by atoms with Gasteiger partial charge in [0.2, 0.25) is 0 Å².